The van der Waals surface area contributed by atoms with Crippen molar-refractivity contribution in [3.05, 3.63) is 78.0 Å². The fourth-order valence-corrected chi connectivity index (χ4v) is 2.40. The quantitative estimate of drug-likeness (QED) is 0.237. The number of aliphatic imine (C=N–C) groups is 2. The molecule has 0 aromatic heterocycles. The molecule has 0 aliphatic carbocycles. The molecule has 6 heteroatoms. The summed E-state index contributed by atoms with van der Waals surface area (Å²) in [6.07, 6.45) is 16.2. The second kappa shape index (κ2) is 24.2. The first kappa shape index (κ1) is 32.8. The minimum atomic E-state index is 0.636. The van der Waals surface area contributed by atoms with Crippen LogP contribution in [0.1, 0.15) is 65.5 Å². The fraction of sp³-hybridized carbons (Fsp3) is 0.393. The van der Waals surface area contributed by atoms with Gasteiger partial charge >= 0.3 is 0 Å². The SMILES string of the molecule is CC.CC=N.CCC/C=C/N=C(C=COCC)C=C(C)NCc1ccc(/C(C=NC)=C/N)cc1. The number of rotatable bonds is 12. The molecule has 0 amide bonds. The van der Waals surface area contributed by atoms with Gasteiger partial charge in [0.05, 0.1) is 18.6 Å². The normalized spacial score (nSPS) is 12.3. The summed E-state index contributed by atoms with van der Waals surface area (Å²) >= 11 is 0. The van der Waals surface area contributed by atoms with Crippen LogP contribution in [0.25, 0.3) is 5.57 Å². The Bertz CT molecular complexity index is 816. The lowest BCUT2D eigenvalue weighted by atomic mass is 10.1. The minimum absolute atomic E-state index is 0.636. The number of nitrogens with two attached hydrogens (primary N) is 1. The van der Waals surface area contributed by atoms with E-state index in [4.69, 9.17) is 15.9 Å². The average Bonchev–Trinajstić information content (AvgIpc) is 2.86. The standard InChI is InChI=1S/C24H34N4O.C2H5N.C2H6/c1-5-7-8-14-27-24(13-15-29-6-2)16-20(3)28-18-21-9-11-22(12-10-21)23(17-25)19-26-4;1-2-3;1-2/h8-17,19,28H,5-7,18,25H2,1-4H3;2-3H,1H3;1-2H3/b14-8+,15-13?,20-16?,23-17+,26-19?,27-24?;;. The molecule has 0 atom stereocenters. The zero-order valence-corrected chi connectivity index (χ0v) is 22.1. The number of ether oxygens (including phenoxy) is 1. The Morgan fingerprint density at radius 3 is 2.35 bits per heavy atom. The molecular weight excluding hydrogens is 422 g/mol. The molecule has 0 unspecified atom stereocenters. The van der Waals surface area contributed by atoms with Crippen molar-refractivity contribution in [2.75, 3.05) is 13.7 Å². The molecule has 0 spiro atoms. The van der Waals surface area contributed by atoms with Gasteiger partial charge in [0.25, 0.3) is 0 Å². The van der Waals surface area contributed by atoms with Gasteiger partial charge in [-0.3, -0.25) is 9.98 Å². The maximum atomic E-state index is 6.08. The van der Waals surface area contributed by atoms with Gasteiger partial charge < -0.3 is 21.2 Å². The van der Waals surface area contributed by atoms with Gasteiger partial charge in [-0.1, -0.05) is 57.5 Å². The third kappa shape index (κ3) is 17.2. The highest BCUT2D eigenvalue weighted by molar-refractivity contribution is 6.09. The Balaban J connectivity index is 0. The van der Waals surface area contributed by atoms with Crippen molar-refractivity contribution in [2.24, 2.45) is 15.7 Å². The summed E-state index contributed by atoms with van der Waals surface area (Å²) in [7, 11) is 1.73. The molecule has 188 valence electrons. The van der Waals surface area contributed by atoms with Crippen LogP contribution in [-0.2, 0) is 11.3 Å². The van der Waals surface area contributed by atoms with E-state index in [1.807, 2.05) is 58.2 Å². The van der Waals surface area contributed by atoms with Gasteiger partial charge in [0, 0.05) is 43.5 Å². The van der Waals surface area contributed by atoms with E-state index in [2.05, 4.69) is 40.4 Å². The number of nitrogens with zero attached hydrogens (tertiary/aromatic N) is 2. The predicted molar refractivity (Wildman–Crippen MR) is 152 cm³/mol. The third-order valence-corrected chi connectivity index (χ3v) is 3.96. The number of unbranched alkanes of at least 4 members (excludes halogenated alkanes) is 1. The van der Waals surface area contributed by atoms with Gasteiger partial charge in [-0.05, 0) is 56.7 Å². The van der Waals surface area contributed by atoms with Crippen molar-refractivity contribution in [3.63, 3.8) is 0 Å². The molecule has 1 rings (SSSR count). The van der Waals surface area contributed by atoms with Crippen molar-refractivity contribution in [1.82, 2.24) is 5.32 Å². The Morgan fingerprint density at radius 1 is 1.18 bits per heavy atom. The van der Waals surface area contributed by atoms with Crippen molar-refractivity contribution in [1.29, 1.82) is 5.41 Å². The zero-order chi connectivity index (χ0) is 26.0. The first-order valence-corrected chi connectivity index (χ1v) is 11.9. The summed E-state index contributed by atoms with van der Waals surface area (Å²) in [5.74, 6) is 0. The summed E-state index contributed by atoms with van der Waals surface area (Å²) in [5, 5.41) is 9.51. The van der Waals surface area contributed by atoms with Gasteiger partial charge in [-0.15, -0.1) is 0 Å². The van der Waals surface area contributed by atoms with Crippen LogP contribution in [0, 0.1) is 5.41 Å². The highest BCUT2D eigenvalue weighted by atomic mass is 16.5. The molecule has 1 aromatic carbocycles. The number of hydrogen-bond donors (Lipinski definition) is 3. The van der Waals surface area contributed by atoms with Crippen molar-refractivity contribution < 1.29 is 4.74 Å². The van der Waals surface area contributed by atoms with Gasteiger partial charge in [0.1, 0.15) is 0 Å². The third-order valence-electron chi connectivity index (χ3n) is 3.96. The maximum Gasteiger partial charge on any atom is 0.0850 e. The van der Waals surface area contributed by atoms with E-state index < -0.39 is 0 Å². The largest absolute Gasteiger partial charge is 0.501 e. The van der Waals surface area contributed by atoms with Crippen molar-refractivity contribution in [3.8, 4) is 0 Å². The van der Waals surface area contributed by atoms with E-state index in [9.17, 15) is 0 Å². The molecule has 0 saturated heterocycles. The Morgan fingerprint density at radius 2 is 1.82 bits per heavy atom. The molecule has 0 aliphatic heterocycles. The van der Waals surface area contributed by atoms with Crippen LogP contribution in [0.2, 0.25) is 0 Å². The summed E-state index contributed by atoms with van der Waals surface area (Å²) in [4.78, 5) is 8.54. The highest BCUT2D eigenvalue weighted by Crippen LogP contribution is 2.13. The molecule has 0 bridgehead atoms. The molecule has 0 aliphatic rings. The second-order valence-corrected chi connectivity index (χ2v) is 6.66. The van der Waals surface area contributed by atoms with Crippen LogP contribution < -0.4 is 11.1 Å². The number of hydrogen-bond acceptors (Lipinski definition) is 6. The summed E-state index contributed by atoms with van der Waals surface area (Å²) < 4.78 is 5.30. The van der Waals surface area contributed by atoms with Gasteiger partial charge in [-0.2, -0.15) is 0 Å². The van der Waals surface area contributed by atoms with E-state index >= 15 is 0 Å². The first-order chi connectivity index (χ1) is 16.6. The molecule has 1 aromatic rings. The number of benzene rings is 1. The summed E-state index contributed by atoms with van der Waals surface area (Å²) in [6, 6.07) is 8.26. The van der Waals surface area contributed by atoms with Gasteiger partial charge in [-0.25, -0.2) is 0 Å². The van der Waals surface area contributed by atoms with Crippen LogP contribution >= 0.6 is 0 Å². The molecular formula is C28H45N5O. The molecule has 0 radical (unpaired) electrons. The van der Waals surface area contributed by atoms with Gasteiger partial charge in [0.15, 0.2) is 0 Å². The van der Waals surface area contributed by atoms with Crippen LogP contribution in [0.15, 0.2) is 76.8 Å². The van der Waals surface area contributed by atoms with E-state index in [-0.39, 0.29) is 0 Å². The van der Waals surface area contributed by atoms with E-state index in [1.54, 1.807) is 32.6 Å². The monoisotopic (exact) mass is 467 g/mol. The van der Waals surface area contributed by atoms with E-state index in [1.165, 1.54) is 11.8 Å². The molecule has 0 fully saturated rings. The molecule has 0 heterocycles. The summed E-state index contributed by atoms with van der Waals surface area (Å²) in [5.41, 5.74) is 10.7. The Labute approximate surface area is 207 Å². The minimum Gasteiger partial charge on any atom is -0.501 e. The lowest BCUT2D eigenvalue weighted by Crippen LogP contribution is -2.11. The Hall–Kier alpha value is -3.41. The molecule has 6 nitrogen and oxygen atoms in total. The molecule has 34 heavy (non-hydrogen) atoms. The van der Waals surface area contributed by atoms with Crippen molar-refractivity contribution >= 4 is 23.7 Å². The lowest BCUT2D eigenvalue weighted by molar-refractivity contribution is 0.270. The van der Waals surface area contributed by atoms with Crippen LogP contribution in [0.3, 0.4) is 0 Å². The average molecular weight is 468 g/mol. The van der Waals surface area contributed by atoms with Crippen LogP contribution in [0.5, 0.6) is 0 Å². The maximum absolute atomic E-state index is 6.08. The van der Waals surface area contributed by atoms with Gasteiger partial charge in [0.2, 0.25) is 0 Å². The fourth-order valence-electron chi connectivity index (χ4n) is 2.40. The highest BCUT2D eigenvalue weighted by Gasteiger charge is 2.00. The summed E-state index contributed by atoms with van der Waals surface area (Å²) in [6.45, 7) is 13.2. The number of nitrogens with one attached hydrogen (secondary N) is 2. The zero-order valence-electron chi connectivity index (χ0n) is 22.1. The van der Waals surface area contributed by atoms with E-state index in [0.717, 1.165) is 41.9 Å². The topological polar surface area (TPSA) is 95.8 Å². The van der Waals surface area contributed by atoms with Crippen LogP contribution in [-0.4, -0.2) is 31.8 Å². The lowest BCUT2D eigenvalue weighted by Gasteiger charge is -2.08. The smallest absolute Gasteiger partial charge is 0.0850 e. The van der Waals surface area contributed by atoms with E-state index in [0.29, 0.717) is 6.61 Å². The molecule has 0 saturated carbocycles. The Kier molecular flexibility index (Phi) is 23.4. The predicted octanol–water partition coefficient (Wildman–Crippen LogP) is 6.67. The van der Waals surface area contributed by atoms with Crippen molar-refractivity contribution in [2.45, 2.75) is 60.9 Å². The molecule has 4 N–H and O–H groups in total. The first-order valence-electron chi connectivity index (χ1n) is 11.9. The second-order valence-electron chi connectivity index (χ2n) is 6.66. The number of allylic oxidation sites excluding steroid dienone is 5. The van der Waals surface area contributed by atoms with Crippen LogP contribution in [0.4, 0.5) is 0 Å².